The third kappa shape index (κ3) is 7.43. The van der Waals surface area contributed by atoms with Crippen molar-refractivity contribution in [3.8, 4) is 5.75 Å². The summed E-state index contributed by atoms with van der Waals surface area (Å²) in [6.07, 6.45) is 0. The van der Waals surface area contributed by atoms with E-state index in [-0.39, 0.29) is 46.1 Å². The molecule has 0 aliphatic carbocycles. The number of piperazine rings is 1. The van der Waals surface area contributed by atoms with Crippen molar-refractivity contribution in [2.45, 2.75) is 58.1 Å². The van der Waals surface area contributed by atoms with Crippen LogP contribution in [0.2, 0.25) is 5.02 Å². The van der Waals surface area contributed by atoms with E-state index < -0.39 is 21.3 Å². The Balaban J connectivity index is 1.67. The predicted molar refractivity (Wildman–Crippen MR) is 139 cm³/mol. The molecule has 202 valence electrons. The first-order valence-electron chi connectivity index (χ1n) is 11.9. The number of benzene rings is 2. The fourth-order valence-electron chi connectivity index (χ4n) is 3.95. The van der Waals surface area contributed by atoms with E-state index in [2.05, 4.69) is 4.90 Å². The molecule has 2 atom stereocenters. The summed E-state index contributed by atoms with van der Waals surface area (Å²) in [6, 6.07) is 10.3. The van der Waals surface area contributed by atoms with Gasteiger partial charge in [0.2, 0.25) is 5.91 Å². The van der Waals surface area contributed by atoms with Gasteiger partial charge in [-0.3, -0.25) is 14.5 Å². The summed E-state index contributed by atoms with van der Waals surface area (Å²) in [4.78, 5) is 29.0. The van der Waals surface area contributed by atoms with Crippen molar-refractivity contribution in [3.05, 3.63) is 58.9 Å². The summed E-state index contributed by atoms with van der Waals surface area (Å²) < 4.78 is 46.7. The molecular formula is C26H33ClFN3O5S. The average molecular weight is 554 g/mol. The summed E-state index contributed by atoms with van der Waals surface area (Å²) in [7, 11) is -4.29. The summed E-state index contributed by atoms with van der Waals surface area (Å²) in [5, 5.41) is 0.141. The van der Waals surface area contributed by atoms with Gasteiger partial charge in [-0.2, -0.15) is 0 Å². The number of carbonyl (C=O) groups excluding carboxylic acids is 2. The van der Waals surface area contributed by atoms with E-state index >= 15 is 0 Å². The fourth-order valence-corrected chi connectivity index (χ4v) is 5.52. The van der Waals surface area contributed by atoms with E-state index in [0.29, 0.717) is 19.6 Å². The molecule has 3 rings (SSSR count). The van der Waals surface area contributed by atoms with Crippen molar-refractivity contribution in [3.63, 3.8) is 0 Å². The van der Waals surface area contributed by atoms with E-state index in [1.165, 1.54) is 30.3 Å². The standard InChI is InChI=1S/C26H33ClFN3O5S/c1-17-14-31(18(2)13-30(17)15-19-6-9-21(28)10-7-19)24(32)16-36-22-11-8-20(27)12-23(22)37(34,35)29-25(33)26(3,4)5/h6-12,17-18H,13-16H2,1-5H3,(H,29,33). The van der Waals surface area contributed by atoms with Crippen LogP contribution in [0, 0.1) is 11.2 Å². The summed E-state index contributed by atoms with van der Waals surface area (Å²) in [6.45, 7) is 10.0. The van der Waals surface area contributed by atoms with E-state index in [4.69, 9.17) is 16.3 Å². The molecule has 2 amide bonds. The Hall–Kier alpha value is -2.69. The number of carbonyl (C=O) groups is 2. The Labute approximate surface area is 222 Å². The van der Waals surface area contributed by atoms with Crippen LogP contribution in [0.1, 0.15) is 40.2 Å². The van der Waals surface area contributed by atoms with Gasteiger partial charge in [0, 0.05) is 42.2 Å². The predicted octanol–water partition coefficient (Wildman–Crippen LogP) is 3.83. The second-order valence-corrected chi connectivity index (χ2v) is 12.5. The third-order valence-corrected chi connectivity index (χ3v) is 7.78. The smallest absolute Gasteiger partial charge is 0.267 e. The molecule has 1 fully saturated rings. The Morgan fingerprint density at radius 1 is 1.08 bits per heavy atom. The van der Waals surface area contributed by atoms with Gasteiger partial charge in [0.1, 0.15) is 16.5 Å². The van der Waals surface area contributed by atoms with E-state index in [0.717, 1.165) is 5.56 Å². The second-order valence-electron chi connectivity index (χ2n) is 10.4. The molecule has 0 bridgehead atoms. The van der Waals surface area contributed by atoms with Crippen molar-refractivity contribution in [2.75, 3.05) is 19.7 Å². The molecule has 37 heavy (non-hydrogen) atoms. The molecule has 1 heterocycles. The summed E-state index contributed by atoms with van der Waals surface area (Å²) >= 11 is 6.02. The van der Waals surface area contributed by atoms with Crippen LogP contribution in [0.25, 0.3) is 0 Å². The third-order valence-electron chi connectivity index (χ3n) is 6.19. The van der Waals surface area contributed by atoms with Crippen LogP contribution in [-0.4, -0.2) is 61.8 Å². The molecule has 0 saturated carbocycles. The van der Waals surface area contributed by atoms with Crippen LogP contribution in [-0.2, 0) is 26.2 Å². The van der Waals surface area contributed by atoms with Crippen LogP contribution in [0.4, 0.5) is 4.39 Å². The first-order valence-corrected chi connectivity index (χ1v) is 13.8. The largest absolute Gasteiger partial charge is 0.482 e. The van der Waals surface area contributed by atoms with Crippen molar-refractivity contribution < 1.29 is 27.1 Å². The lowest BCUT2D eigenvalue weighted by Gasteiger charge is -2.44. The lowest BCUT2D eigenvalue weighted by Crippen LogP contribution is -2.58. The number of halogens is 2. The Morgan fingerprint density at radius 3 is 2.35 bits per heavy atom. The highest BCUT2D eigenvalue weighted by atomic mass is 35.5. The van der Waals surface area contributed by atoms with Crippen LogP contribution in [0.3, 0.4) is 0 Å². The zero-order chi connectivity index (χ0) is 27.5. The molecule has 1 aliphatic heterocycles. The van der Waals surface area contributed by atoms with E-state index in [9.17, 15) is 22.4 Å². The van der Waals surface area contributed by atoms with E-state index in [1.54, 1.807) is 37.8 Å². The van der Waals surface area contributed by atoms with Gasteiger partial charge in [-0.25, -0.2) is 17.5 Å². The van der Waals surface area contributed by atoms with Gasteiger partial charge in [0.25, 0.3) is 15.9 Å². The average Bonchev–Trinajstić information content (AvgIpc) is 2.80. The molecule has 1 aliphatic rings. The molecule has 0 spiro atoms. The lowest BCUT2D eigenvalue weighted by atomic mass is 9.96. The molecule has 1 saturated heterocycles. The minimum Gasteiger partial charge on any atom is -0.482 e. The van der Waals surface area contributed by atoms with Gasteiger partial charge in [-0.15, -0.1) is 0 Å². The monoisotopic (exact) mass is 553 g/mol. The first kappa shape index (κ1) is 28.9. The number of hydrogen-bond acceptors (Lipinski definition) is 6. The summed E-state index contributed by atoms with van der Waals surface area (Å²) in [5.74, 6) is -1.34. The Morgan fingerprint density at radius 2 is 1.73 bits per heavy atom. The maximum atomic E-state index is 13.2. The minimum absolute atomic E-state index is 0.0456. The highest BCUT2D eigenvalue weighted by molar-refractivity contribution is 7.90. The zero-order valence-corrected chi connectivity index (χ0v) is 23.2. The molecular weight excluding hydrogens is 521 g/mol. The Kier molecular flexibility index (Phi) is 8.87. The number of rotatable bonds is 7. The van der Waals surface area contributed by atoms with Crippen LogP contribution in [0.15, 0.2) is 47.4 Å². The maximum absolute atomic E-state index is 13.2. The SMILES string of the molecule is CC1CN(C(=O)COc2ccc(Cl)cc2S(=O)(=O)NC(=O)C(C)(C)C)C(C)CN1Cc1ccc(F)cc1. The molecule has 2 unspecified atom stereocenters. The first-order chi connectivity index (χ1) is 17.2. The van der Waals surface area contributed by atoms with Crippen LogP contribution < -0.4 is 9.46 Å². The van der Waals surface area contributed by atoms with Gasteiger partial charge in [-0.1, -0.05) is 44.5 Å². The lowest BCUT2D eigenvalue weighted by molar-refractivity contribution is -0.139. The molecule has 0 radical (unpaired) electrons. The number of sulfonamides is 1. The number of nitrogens with zero attached hydrogens (tertiary/aromatic N) is 2. The van der Waals surface area contributed by atoms with Crippen molar-refractivity contribution in [1.82, 2.24) is 14.5 Å². The molecule has 2 aromatic carbocycles. The zero-order valence-electron chi connectivity index (χ0n) is 21.6. The van der Waals surface area contributed by atoms with Gasteiger partial charge >= 0.3 is 0 Å². The van der Waals surface area contributed by atoms with Gasteiger partial charge in [-0.05, 0) is 49.7 Å². The molecule has 11 heteroatoms. The molecule has 2 aromatic rings. The summed E-state index contributed by atoms with van der Waals surface area (Å²) in [5.41, 5.74) is 0.0486. The molecule has 8 nitrogen and oxygen atoms in total. The quantitative estimate of drug-likeness (QED) is 0.560. The molecule has 1 N–H and O–H groups in total. The second kappa shape index (κ2) is 11.4. The van der Waals surface area contributed by atoms with Crippen LogP contribution >= 0.6 is 11.6 Å². The minimum atomic E-state index is -4.29. The van der Waals surface area contributed by atoms with Crippen molar-refractivity contribution in [2.24, 2.45) is 5.41 Å². The maximum Gasteiger partial charge on any atom is 0.267 e. The van der Waals surface area contributed by atoms with Crippen molar-refractivity contribution in [1.29, 1.82) is 0 Å². The number of nitrogens with one attached hydrogen (secondary N) is 1. The molecule has 0 aromatic heterocycles. The van der Waals surface area contributed by atoms with Crippen LogP contribution in [0.5, 0.6) is 5.75 Å². The topological polar surface area (TPSA) is 96.0 Å². The van der Waals surface area contributed by atoms with Gasteiger partial charge in [0.05, 0.1) is 0 Å². The number of amides is 2. The highest BCUT2D eigenvalue weighted by Crippen LogP contribution is 2.28. The van der Waals surface area contributed by atoms with Crippen molar-refractivity contribution >= 4 is 33.4 Å². The van der Waals surface area contributed by atoms with E-state index in [1.807, 2.05) is 18.6 Å². The van der Waals surface area contributed by atoms with Gasteiger partial charge in [0.15, 0.2) is 6.61 Å². The number of ether oxygens (including phenoxy) is 1. The highest BCUT2D eigenvalue weighted by Gasteiger charge is 2.33. The fraction of sp³-hybridized carbons (Fsp3) is 0.462. The van der Waals surface area contributed by atoms with Gasteiger partial charge < -0.3 is 9.64 Å². The Bertz CT molecular complexity index is 1250. The number of hydrogen-bond donors (Lipinski definition) is 1. The normalized spacial score (nSPS) is 18.9.